The molecule has 0 unspecified atom stereocenters. The maximum absolute atomic E-state index is 13.5. The van der Waals surface area contributed by atoms with E-state index in [-0.39, 0.29) is 37.0 Å². The molecule has 0 saturated carbocycles. The molecule has 1 aromatic heterocycles. The van der Waals surface area contributed by atoms with Gasteiger partial charge in [-0.3, -0.25) is 9.78 Å². The molecule has 0 bridgehead atoms. The Morgan fingerprint density at radius 3 is 2.43 bits per heavy atom. The normalized spacial score (nSPS) is 15.5. The lowest BCUT2D eigenvalue weighted by Gasteiger charge is -2.34. The van der Waals surface area contributed by atoms with Crippen molar-refractivity contribution in [3.8, 4) is 0 Å². The third-order valence-electron chi connectivity index (χ3n) is 5.28. The van der Waals surface area contributed by atoms with Crippen molar-refractivity contribution in [3.05, 3.63) is 71.2 Å². The van der Waals surface area contributed by atoms with Gasteiger partial charge in [-0.25, -0.2) is 12.8 Å². The first-order valence-corrected chi connectivity index (χ1v) is 11.1. The van der Waals surface area contributed by atoms with Crippen LogP contribution in [0.5, 0.6) is 0 Å². The summed E-state index contributed by atoms with van der Waals surface area (Å²) in [7, 11) is -3.80. The third-order valence-corrected chi connectivity index (χ3v) is 7.18. The fraction of sp³-hybridized carbons (Fsp3) is 0.273. The van der Waals surface area contributed by atoms with Gasteiger partial charge in [0, 0.05) is 37.3 Å². The van der Waals surface area contributed by atoms with Gasteiger partial charge in [-0.15, -0.1) is 0 Å². The second-order valence-electron chi connectivity index (χ2n) is 7.49. The molecule has 30 heavy (non-hydrogen) atoms. The maximum atomic E-state index is 13.5. The van der Waals surface area contributed by atoms with Crippen LogP contribution in [0.15, 0.2) is 53.4 Å². The number of nitrogens with zero attached hydrogens (tertiary/aromatic N) is 3. The molecule has 2 heterocycles. The minimum absolute atomic E-state index is 0.0755. The number of aromatic nitrogens is 1. The molecule has 1 amide bonds. The number of hydrogen-bond acceptors (Lipinski definition) is 4. The molecule has 0 atom stereocenters. The number of benzene rings is 2. The lowest BCUT2D eigenvalue weighted by atomic mass is 10.0. The zero-order valence-corrected chi connectivity index (χ0v) is 17.6. The molecule has 6 nitrogen and oxygen atoms in total. The number of carbonyl (C=O) groups excluding carboxylic acids is 1. The molecule has 0 aliphatic carbocycles. The van der Waals surface area contributed by atoms with Crippen LogP contribution in [0.4, 0.5) is 4.39 Å². The smallest absolute Gasteiger partial charge is 0.254 e. The summed E-state index contributed by atoms with van der Waals surface area (Å²) in [6.45, 7) is 4.66. The fourth-order valence-electron chi connectivity index (χ4n) is 3.73. The Bertz CT molecular complexity index is 1240. The van der Waals surface area contributed by atoms with Crippen molar-refractivity contribution >= 4 is 26.8 Å². The summed E-state index contributed by atoms with van der Waals surface area (Å²) in [5.74, 6) is -0.737. The number of amides is 1. The summed E-state index contributed by atoms with van der Waals surface area (Å²) in [4.78, 5) is 19.3. The first-order chi connectivity index (χ1) is 14.3. The number of aryl methyl sites for hydroxylation is 2. The minimum atomic E-state index is -3.80. The standard InChI is InChI=1S/C22H22FN3O3S/c1-15-6-7-21-19(12-15)20(13-16(2)24-21)22(27)25-8-10-26(11-9-25)30(28,29)18-5-3-4-17(23)14-18/h3-7,12-14H,8-11H2,1-2H3. The van der Waals surface area contributed by atoms with Gasteiger partial charge in [0.05, 0.1) is 16.0 Å². The van der Waals surface area contributed by atoms with E-state index in [0.717, 1.165) is 28.2 Å². The predicted octanol–water partition coefficient (Wildman–Crippen LogP) is 3.14. The van der Waals surface area contributed by atoms with E-state index in [2.05, 4.69) is 4.98 Å². The van der Waals surface area contributed by atoms with Crippen LogP contribution in [0.2, 0.25) is 0 Å². The Morgan fingerprint density at radius 1 is 1.00 bits per heavy atom. The lowest BCUT2D eigenvalue weighted by Crippen LogP contribution is -2.50. The molecule has 8 heteroatoms. The van der Waals surface area contributed by atoms with Crippen molar-refractivity contribution in [3.63, 3.8) is 0 Å². The second-order valence-corrected chi connectivity index (χ2v) is 9.42. The van der Waals surface area contributed by atoms with Gasteiger partial charge in [-0.05, 0) is 50.2 Å². The highest BCUT2D eigenvalue weighted by atomic mass is 32.2. The van der Waals surface area contributed by atoms with E-state index in [9.17, 15) is 17.6 Å². The Hall–Kier alpha value is -2.84. The molecular weight excluding hydrogens is 405 g/mol. The van der Waals surface area contributed by atoms with E-state index in [1.54, 1.807) is 11.0 Å². The van der Waals surface area contributed by atoms with Gasteiger partial charge in [0.25, 0.3) is 5.91 Å². The van der Waals surface area contributed by atoms with Gasteiger partial charge in [-0.2, -0.15) is 4.31 Å². The average Bonchev–Trinajstić information content (AvgIpc) is 2.73. The Kier molecular flexibility index (Phi) is 5.29. The van der Waals surface area contributed by atoms with Crippen LogP contribution in [0.1, 0.15) is 21.6 Å². The highest BCUT2D eigenvalue weighted by molar-refractivity contribution is 7.89. The first-order valence-electron chi connectivity index (χ1n) is 9.69. The number of halogens is 1. The molecule has 0 radical (unpaired) electrons. The molecule has 0 N–H and O–H groups in total. The maximum Gasteiger partial charge on any atom is 0.254 e. The summed E-state index contributed by atoms with van der Waals surface area (Å²) in [6.07, 6.45) is 0. The van der Waals surface area contributed by atoms with Crippen molar-refractivity contribution in [2.75, 3.05) is 26.2 Å². The van der Waals surface area contributed by atoms with E-state index in [1.807, 2.05) is 32.0 Å². The number of carbonyl (C=O) groups is 1. The molecule has 4 rings (SSSR count). The van der Waals surface area contributed by atoms with Gasteiger partial charge in [0.1, 0.15) is 5.82 Å². The van der Waals surface area contributed by atoms with Gasteiger partial charge >= 0.3 is 0 Å². The summed E-state index contributed by atoms with van der Waals surface area (Å²) < 4.78 is 40.3. The van der Waals surface area contributed by atoms with Crippen LogP contribution in [0.25, 0.3) is 10.9 Å². The molecule has 1 saturated heterocycles. The van der Waals surface area contributed by atoms with E-state index in [4.69, 9.17) is 0 Å². The number of fused-ring (bicyclic) bond motifs is 1. The molecular formula is C22H22FN3O3S. The average molecular weight is 428 g/mol. The summed E-state index contributed by atoms with van der Waals surface area (Å²) >= 11 is 0. The van der Waals surface area contributed by atoms with E-state index in [0.29, 0.717) is 5.56 Å². The summed E-state index contributed by atoms with van der Waals surface area (Å²) in [5, 5.41) is 0.792. The van der Waals surface area contributed by atoms with Crippen LogP contribution >= 0.6 is 0 Å². The fourth-order valence-corrected chi connectivity index (χ4v) is 5.18. The van der Waals surface area contributed by atoms with Crippen molar-refractivity contribution in [1.82, 2.24) is 14.2 Å². The third kappa shape index (κ3) is 3.80. The van der Waals surface area contributed by atoms with Gasteiger partial charge < -0.3 is 4.90 Å². The molecule has 0 spiro atoms. The number of rotatable bonds is 3. The van der Waals surface area contributed by atoms with Crippen molar-refractivity contribution in [2.45, 2.75) is 18.7 Å². The molecule has 1 aliphatic heterocycles. The molecule has 1 aliphatic rings. The van der Waals surface area contributed by atoms with Gasteiger partial charge in [0.15, 0.2) is 0 Å². The summed E-state index contributed by atoms with van der Waals surface area (Å²) in [6, 6.07) is 12.6. The SMILES string of the molecule is Cc1ccc2nc(C)cc(C(=O)N3CCN(S(=O)(=O)c4cccc(F)c4)CC3)c2c1. The largest absolute Gasteiger partial charge is 0.336 e. The van der Waals surface area contributed by atoms with Crippen LogP contribution < -0.4 is 0 Å². The van der Waals surface area contributed by atoms with Crippen LogP contribution in [-0.2, 0) is 10.0 Å². The Balaban J connectivity index is 1.56. The molecule has 2 aromatic carbocycles. The highest BCUT2D eigenvalue weighted by Crippen LogP contribution is 2.23. The van der Waals surface area contributed by atoms with Crippen LogP contribution in [-0.4, -0.2) is 54.7 Å². The second kappa shape index (κ2) is 7.77. The monoisotopic (exact) mass is 427 g/mol. The Labute approximate surface area is 175 Å². The van der Waals surface area contributed by atoms with Crippen molar-refractivity contribution in [2.24, 2.45) is 0 Å². The topological polar surface area (TPSA) is 70.6 Å². The highest BCUT2D eigenvalue weighted by Gasteiger charge is 2.31. The predicted molar refractivity (Wildman–Crippen MR) is 112 cm³/mol. The van der Waals surface area contributed by atoms with Gasteiger partial charge in [-0.1, -0.05) is 17.7 Å². The zero-order valence-electron chi connectivity index (χ0n) is 16.8. The van der Waals surface area contributed by atoms with Crippen LogP contribution in [0.3, 0.4) is 0 Å². The number of piperazine rings is 1. The molecule has 156 valence electrons. The van der Waals surface area contributed by atoms with E-state index in [1.165, 1.54) is 22.5 Å². The van der Waals surface area contributed by atoms with E-state index >= 15 is 0 Å². The Morgan fingerprint density at radius 2 is 1.73 bits per heavy atom. The van der Waals surface area contributed by atoms with Crippen molar-refractivity contribution in [1.29, 1.82) is 0 Å². The zero-order chi connectivity index (χ0) is 21.5. The quantitative estimate of drug-likeness (QED) is 0.644. The molecule has 1 fully saturated rings. The molecule has 3 aromatic rings. The minimum Gasteiger partial charge on any atom is -0.336 e. The van der Waals surface area contributed by atoms with Crippen molar-refractivity contribution < 1.29 is 17.6 Å². The van der Waals surface area contributed by atoms with Gasteiger partial charge in [0.2, 0.25) is 10.0 Å². The number of hydrogen-bond donors (Lipinski definition) is 0. The summed E-state index contributed by atoms with van der Waals surface area (Å²) in [5.41, 5.74) is 3.12. The van der Waals surface area contributed by atoms with E-state index < -0.39 is 15.8 Å². The van der Waals surface area contributed by atoms with Crippen LogP contribution in [0, 0.1) is 19.7 Å². The number of pyridine rings is 1. The number of sulfonamides is 1. The first kappa shape index (κ1) is 20.4. The lowest BCUT2D eigenvalue weighted by molar-refractivity contribution is 0.0699.